The third-order valence-electron chi connectivity index (χ3n) is 2.42. The molecule has 0 saturated heterocycles. The van der Waals surface area contributed by atoms with Crippen molar-refractivity contribution in [3.05, 3.63) is 29.6 Å². The van der Waals surface area contributed by atoms with E-state index in [0.717, 1.165) is 11.0 Å². The Morgan fingerprint density at radius 1 is 1.28 bits per heavy atom. The average Bonchev–Trinajstić information content (AvgIpc) is 2.28. The molecule has 0 aliphatic carbocycles. The van der Waals surface area contributed by atoms with Crippen molar-refractivity contribution in [3.8, 4) is 5.75 Å². The van der Waals surface area contributed by atoms with Crippen molar-refractivity contribution in [1.29, 1.82) is 0 Å². The third-order valence-corrected chi connectivity index (χ3v) is 2.42. The van der Waals surface area contributed by atoms with Crippen LogP contribution in [-0.4, -0.2) is 54.4 Å². The predicted molar refractivity (Wildman–Crippen MR) is 63.7 cm³/mol. The SMILES string of the molecule is CN(C)C(=O)CN(C)C(=O)c1c(O)cccc1F. The van der Waals surface area contributed by atoms with Gasteiger partial charge in [0.2, 0.25) is 5.91 Å². The van der Waals surface area contributed by atoms with Gasteiger partial charge in [-0.2, -0.15) is 0 Å². The highest BCUT2D eigenvalue weighted by atomic mass is 19.1. The van der Waals surface area contributed by atoms with Crippen molar-refractivity contribution < 1.29 is 19.1 Å². The number of hydrogen-bond donors (Lipinski definition) is 1. The maximum Gasteiger partial charge on any atom is 0.260 e. The summed E-state index contributed by atoms with van der Waals surface area (Å²) in [6.45, 7) is -0.181. The summed E-state index contributed by atoms with van der Waals surface area (Å²) in [4.78, 5) is 25.7. The first-order valence-corrected chi connectivity index (χ1v) is 5.27. The number of phenolic OH excluding ortho intramolecular Hbond substituents is 1. The minimum absolute atomic E-state index is 0.181. The molecule has 2 amide bonds. The molecule has 0 aliphatic rings. The van der Waals surface area contributed by atoms with Gasteiger partial charge in [-0.15, -0.1) is 0 Å². The Labute approximate surface area is 104 Å². The van der Waals surface area contributed by atoms with E-state index in [9.17, 15) is 19.1 Å². The number of likely N-dealkylation sites (N-methyl/N-ethyl adjacent to an activating group) is 2. The van der Waals surface area contributed by atoms with Crippen molar-refractivity contribution in [2.75, 3.05) is 27.7 Å². The highest BCUT2D eigenvalue weighted by Gasteiger charge is 2.22. The van der Waals surface area contributed by atoms with Crippen LogP contribution in [0, 0.1) is 5.82 Å². The van der Waals surface area contributed by atoms with Gasteiger partial charge in [0, 0.05) is 21.1 Å². The van der Waals surface area contributed by atoms with E-state index in [1.54, 1.807) is 14.1 Å². The number of carbonyl (C=O) groups is 2. The Balaban J connectivity index is 2.91. The smallest absolute Gasteiger partial charge is 0.260 e. The van der Waals surface area contributed by atoms with E-state index in [4.69, 9.17) is 0 Å². The molecule has 1 aromatic rings. The van der Waals surface area contributed by atoms with E-state index >= 15 is 0 Å². The van der Waals surface area contributed by atoms with Crippen LogP contribution in [0.3, 0.4) is 0 Å². The van der Waals surface area contributed by atoms with Gasteiger partial charge in [0.15, 0.2) is 0 Å². The summed E-state index contributed by atoms with van der Waals surface area (Å²) < 4.78 is 13.5. The molecular weight excluding hydrogens is 239 g/mol. The molecular formula is C12H15FN2O3. The number of phenols is 1. The topological polar surface area (TPSA) is 60.9 Å². The highest BCUT2D eigenvalue weighted by molar-refractivity contribution is 5.98. The number of amides is 2. The summed E-state index contributed by atoms with van der Waals surface area (Å²) in [7, 11) is 4.48. The Kier molecular flexibility index (Phi) is 4.25. The maximum atomic E-state index is 13.5. The first-order chi connectivity index (χ1) is 8.34. The first kappa shape index (κ1) is 14.0. The molecule has 1 rings (SSSR count). The Morgan fingerprint density at radius 3 is 2.39 bits per heavy atom. The number of aromatic hydroxyl groups is 1. The molecule has 1 aromatic carbocycles. The molecule has 18 heavy (non-hydrogen) atoms. The van der Waals surface area contributed by atoms with E-state index in [1.165, 1.54) is 24.1 Å². The van der Waals surface area contributed by atoms with Crippen LogP contribution < -0.4 is 0 Å². The first-order valence-electron chi connectivity index (χ1n) is 5.27. The molecule has 6 heteroatoms. The van der Waals surface area contributed by atoms with E-state index in [-0.39, 0.29) is 12.5 Å². The molecule has 0 aromatic heterocycles. The third kappa shape index (κ3) is 2.97. The second-order valence-corrected chi connectivity index (χ2v) is 4.08. The Morgan fingerprint density at radius 2 is 1.89 bits per heavy atom. The molecule has 98 valence electrons. The molecule has 0 unspecified atom stereocenters. The second-order valence-electron chi connectivity index (χ2n) is 4.08. The minimum Gasteiger partial charge on any atom is -0.507 e. The van der Waals surface area contributed by atoms with Crippen LogP contribution in [-0.2, 0) is 4.79 Å². The lowest BCUT2D eigenvalue weighted by molar-refractivity contribution is -0.129. The lowest BCUT2D eigenvalue weighted by Crippen LogP contribution is -2.38. The minimum atomic E-state index is -0.816. The van der Waals surface area contributed by atoms with E-state index in [1.807, 2.05) is 0 Å². The van der Waals surface area contributed by atoms with Crippen molar-refractivity contribution in [2.45, 2.75) is 0 Å². The molecule has 5 nitrogen and oxygen atoms in total. The Hall–Kier alpha value is -2.11. The standard InChI is InChI=1S/C12H15FN2O3/c1-14(2)10(17)7-15(3)12(18)11-8(13)5-4-6-9(11)16/h4-6,16H,7H2,1-3H3. The van der Waals surface area contributed by atoms with Crippen LogP contribution in [0.5, 0.6) is 5.75 Å². The fraction of sp³-hybridized carbons (Fsp3) is 0.333. The van der Waals surface area contributed by atoms with Crippen molar-refractivity contribution >= 4 is 11.8 Å². The summed E-state index contributed by atoms with van der Waals surface area (Å²) in [6, 6.07) is 3.60. The normalized spacial score (nSPS) is 10.0. The van der Waals surface area contributed by atoms with E-state index in [2.05, 4.69) is 0 Å². The van der Waals surface area contributed by atoms with Gasteiger partial charge in [-0.25, -0.2) is 4.39 Å². The summed E-state index contributed by atoms with van der Waals surface area (Å²) >= 11 is 0. The van der Waals surface area contributed by atoms with Crippen LogP contribution in [0.2, 0.25) is 0 Å². The number of halogens is 1. The van der Waals surface area contributed by atoms with Gasteiger partial charge in [-0.1, -0.05) is 6.07 Å². The zero-order valence-corrected chi connectivity index (χ0v) is 10.5. The summed E-state index contributed by atoms with van der Waals surface area (Å²) in [5, 5.41) is 9.47. The lowest BCUT2D eigenvalue weighted by Gasteiger charge is -2.19. The van der Waals surface area contributed by atoms with Crippen LogP contribution in [0.25, 0.3) is 0 Å². The largest absolute Gasteiger partial charge is 0.507 e. The van der Waals surface area contributed by atoms with Crippen LogP contribution in [0.1, 0.15) is 10.4 Å². The average molecular weight is 254 g/mol. The maximum absolute atomic E-state index is 13.5. The van der Waals surface area contributed by atoms with Gasteiger partial charge >= 0.3 is 0 Å². The molecule has 0 bridgehead atoms. The molecule has 1 N–H and O–H groups in total. The number of rotatable bonds is 3. The van der Waals surface area contributed by atoms with E-state index in [0.29, 0.717) is 0 Å². The monoisotopic (exact) mass is 254 g/mol. The molecule has 0 heterocycles. The summed E-state index contributed by atoms with van der Waals surface area (Å²) in [5.41, 5.74) is -0.424. The number of carbonyl (C=O) groups excluding carboxylic acids is 2. The highest BCUT2D eigenvalue weighted by Crippen LogP contribution is 2.21. The molecule has 0 fully saturated rings. The van der Waals surface area contributed by atoms with Gasteiger partial charge in [0.05, 0.1) is 6.54 Å². The number of hydrogen-bond acceptors (Lipinski definition) is 3. The van der Waals surface area contributed by atoms with Crippen molar-refractivity contribution in [2.24, 2.45) is 0 Å². The Bertz CT molecular complexity index is 454. The molecule has 0 aliphatic heterocycles. The van der Waals surface area contributed by atoms with Gasteiger partial charge in [-0.3, -0.25) is 9.59 Å². The van der Waals surface area contributed by atoms with Crippen LogP contribution in [0.4, 0.5) is 4.39 Å². The zero-order chi connectivity index (χ0) is 13.9. The number of nitrogens with zero attached hydrogens (tertiary/aromatic N) is 2. The fourth-order valence-electron chi connectivity index (χ4n) is 1.33. The van der Waals surface area contributed by atoms with Crippen molar-refractivity contribution in [3.63, 3.8) is 0 Å². The fourth-order valence-corrected chi connectivity index (χ4v) is 1.33. The summed E-state index contributed by atoms with van der Waals surface area (Å²) in [6.07, 6.45) is 0. The molecule has 0 radical (unpaired) electrons. The second kappa shape index (κ2) is 5.48. The van der Waals surface area contributed by atoms with Crippen LogP contribution >= 0.6 is 0 Å². The van der Waals surface area contributed by atoms with Gasteiger partial charge < -0.3 is 14.9 Å². The van der Waals surface area contributed by atoms with Gasteiger partial charge in [-0.05, 0) is 12.1 Å². The zero-order valence-electron chi connectivity index (χ0n) is 10.5. The molecule has 0 spiro atoms. The van der Waals surface area contributed by atoms with Gasteiger partial charge in [0.1, 0.15) is 17.1 Å². The number of benzene rings is 1. The van der Waals surface area contributed by atoms with Gasteiger partial charge in [0.25, 0.3) is 5.91 Å². The van der Waals surface area contributed by atoms with Crippen LogP contribution in [0.15, 0.2) is 18.2 Å². The molecule has 0 atom stereocenters. The summed E-state index contributed by atoms with van der Waals surface area (Å²) in [5.74, 6) is -2.28. The lowest BCUT2D eigenvalue weighted by atomic mass is 10.1. The quantitative estimate of drug-likeness (QED) is 0.863. The predicted octanol–water partition coefficient (Wildman–Crippen LogP) is 0.692. The molecule has 0 saturated carbocycles. The van der Waals surface area contributed by atoms with E-state index < -0.39 is 23.0 Å². The van der Waals surface area contributed by atoms with Crippen molar-refractivity contribution in [1.82, 2.24) is 9.80 Å².